The van der Waals surface area contributed by atoms with E-state index in [1.165, 1.54) is 30.2 Å². The Morgan fingerprint density at radius 3 is 2.39 bits per heavy atom. The van der Waals surface area contributed by atoms with Crippen LogP contribution in [0.25, 0.3) is 29.9 Å². The lowest BCUT2D eigenvalue weighted by atomic mass is 9.84. The van der Waals surface area contributed by atoms with Gasteiger partial charge in [-0.25, -0.2) is 0 Å². The van der Waals surface area contributed by atoms with Crippen LogP contribution in [0.15, 0.2) is 29.6 Å². The number of aromatic amines is 3. The predicted octanol–water partition coefficient (Wildman–Crippen LogP) is 7.31. The lowest BCUT2D eigenvalue weighted by molar-refractivity contribution is -0.146. The van der Waals surface area contributed by atoms with Crippen LogP contribution in [0.2, 0.25) is 0 Å². The Kier molecular flexibility index (Phi) is 11.5. The molecule has 8 bridgehead atoms. The maximum atomic E-state index is 13.6. The molecule has 2 aliphatic heterocycles. The van der Waals surface area contributed by atoms with Gasteiger partial charge in [-0.1, -0.05) is 52.3 Å². The Bertz CT molecular complexity index is 2180. The fraction of sp³-hybridized carbons (Fsp3) is 0.467. The highest BCUT2D eigenvalue weighted by Crippen LogP contribution is 2.52. The minimum absolute atomic E-state index is 0.0529. The van der Waals surface area contributed by atoms with Gasteiger partial charge in [-0.05, 0) is 106 Å². The molecule has 288 valence electrons. The van der Waals surface area contributed by atoms with Gasteiger partial charge in [0.2, 0.25) is 0 Å². The normalized spacial score (nSPS) is 24.0. The van der Waals surface area contributed by atoms with Gasteiger partial charge in [-0.15, -0.1) is 0 Å². The van der Waals surface area contributed by atoms with E-state index in [2.05, 4.69) is 93.5 Å². The second-order valence-electron chi connectivity index (χ2n) is 15.8. The van der Waals surface area contributed by atoms with Crippen molar-refractivity contribution in [3.63, 3.8) is 0 Å². The molecular weight excluding hydrogens is 677 g/mol. The third-order valence-electron chi connectivity index (χ3n) is 12.0. The summed E-state index contributed by atoms with van der Waals surface area (Å²) in [5.41, 5.74) is 13.2. The summed E-state index contributed by atoms with van der Waals surface area (Å²) >= 11 is 0. The molecule has 3 aromatic rings. The van der Waals surface area contributed by atoms with Crippen LogP contribution in [0.1, 0.15) is 129 Å². The molecule has 0 aromatic carbocycles. The number of aliphatic hydroxyl groups excluding tert-OH is 1. The molecule has 1 aliphatic carbocycles. The number of ether oxygens (including phenoxy) is 2. The highest BCUT2D eigenvalue weighted by Gasteiger charge is 2.48. The van der Waals surface area contributed by atoms with E-state index in [1.807, 2.05) is 19.1 Å². The lowest BCUT2D eigenvalue weighted by Gasteiger charge is -2.21. The first-order valence-corrected chi connectivity index (χ1v) is 19.6. The van der Waals surface area contributed by atoms with Gasteiger partial charge < -0.3 is 34.8 Å². The Morgan fingerprint density at radius 2 is 1.70 bits per heavy atom. The minimum atomic E-state index is -1.11. The number of carbonyl (C=O) groups excluding carboxylic acids is 2. The number of methoxy groups -OCH3 is 1. The maximum Gasteiger partial charge on any atom is 0.316 e. The fourth-order valence-electron chi connectivity index (χ4n) is 8.70. The van der Waals surface area contributed by atoms with E-state index >= 15 is 0 Å². The van der Waals surface area contributed by atoms with E-state index in [9.17, 15) is 14.7 Å². The first kappa shape index (κ1) is 38.9. The summed E-state index contributed by atoms with van der Waals surface area (Å²) in [6, 6.07) is 0. The third-order valence-corrected chi connectivity index (χ3v) is 12.0. The summed E-state index contributed by atoms with van der Waals surface area (Å²) in [6.45, 7) is 21.5. The van der Waals surface area contributed by atoms with Gasteiger partial charge in [0, 0.05) is 74.1 Å². The molecule has 0 radical (unpaired) electrons. The fourth-order valence-corrected chi connectivity index (χ4v) is 8.70. The number of H-pyrrole nitrogens is 3. The van der Waals surface area contributed by atoms with E-state index in [-0.39, 0.29) is 30.8 Å². The number of rotatable bonds is 12. The average Bonchev–Trinajstić information content (AvgIpc) is 3.87. The van der Waals surface area contributed by atoms with Crippen LogP contribution in [-0.2, 0) is 25.5 Å². The van der Waals surface area contributed by atoms with Gasteiger partial charge >= 0.3 is 11.9 Å². The van der Waals surface area contributed by atoms with Gasteiger partial charge in [-0.2, -0.15) is 0 Å². The zero-order chi connectivity index (χ0) is 39.0. The molecule has 5 heterocycles. The van der Waals surface area contributed by atoms with E-state index in [0.717, 1.165) is 80.8 Å². The molecule has 0 unspecified atom stereocenters. The summed E-state index contributed by atoms with van der Waals surface area (Å²) in [6.07, 6.45) is 14.0. The summed E-state index contributed by atoms with van der Waals surface area (Å²) < 4.78 is 11.0. The Morgan fingerprint density at radius 1 is 0.981 bits per heavy atom. The monoisotopic (exact) mass is 734 g/mol. The molecule has 9 nitrogen and oxygen atoms in total. The van der Waals surface area contributed by atoms with E-state index in [1.54, 1.807) is 0 Å². The van der Waals surface area contributed by atoms with Gasteiger partial charge in [0.25, 0.3) is 0 Å². The molecule has 9 heteroatoms. The quantitative estimate of drug-likeness (QED) is 0.0980. The molecule has 1 saturated heterocycles. The average molecular weight is 735 g/mol. The minimum Gasteiger partial charge on any atom is -0.468 e. The second kappa shape index (κ2) is 15.9. The number of hydrogen-bond acceptors (Lipinski definition) is 6. The van der Waals surface area contributed by atoms with Crippen molar-refractivity contribution in [3.8, 4) is 0 Å². The van der Waals surface area contributed by atoms with E-state index in [0.29, 0.717) is 23.5 Å². The predicted molar refractivity (Wildman–Crippen MR) is 216 cm³/mol. The number of allylic oxidation sites excluding steroid dienone is 3. The lowest BCUT2D eigenvalue weighted by Crippen LogP contribution is -2.24. The van der Waals surface area contributed by atoms with Crippen LogP contribution in [0, 0.1) is 44.4 Å². The number of fused-ring (bicyclic) bond motifs is 7. The Hall–Kier alpha value is -4.76. The van der Waals surface area contributed by atoms with Gasteiger partial charge in [0.1, 0.15) is 12.5 Å². The first-order chi connectivity index (χ1) is 25.8. The molecule has 3 aromatic heterocycles. The number of nitrogens with one attached hydrogen (secondary N) is 4. The van der Waals surface area contributed by atoms with Crippen LogP contribution in [-0.4, -0.2) is 45.7 Å². The number of hydrogen-bond donors (Lipinski definition) is 5. The molecule has 4 atom stereocenters. The van der Waals surface area contributed by atoms with Crippen LogP contribution >= 0.6 is 0 Å². The molecule has 0 saturated carbocycles. The van der Waals surface area contributed by atoms with Crippen molar-refractivity contribution in [2.75, 3.05) is 13.7 Å². The van der Waals surface area contributed by atoms with Crippen LogP contribution in [0.4, 0.5) is 0 Å². The van der Waals surface area contributed by atoms with Gasteiger partial charge in [0.15, 0.2) is 0 Å². The van der Waals surface area contributed by atoms with E-state index < -0.39 is 18.0 Å². The van der Waals surface area contributed by atoms with Crippen molar-refractivity contribution >= 4 is 41.8 Å². The molecule has 5 N–H and O–H groups in total. The standard InChI is InChI=1S/C45H58N4O5/c1-11-29-25(6)32-20-34-27(8)31(16-17-38(50)54-19-18-24(5)15-13-14-23(3)4)42(48-34)40-41(45(52)53-10)44(51)39-28(9)35(49-43(39)40)22-37-30(12-2)26(7)33(47-37)21-36(29)46-32/h11,18,20-23,27,31,41,44,46-49,51H,1,12-17,19H2,2-10H3/b24-18+,33-21-,34-20-,37-22-,42-40-/t27-,31-,41+,44+/m0/s1. The smallest absolute Gasteiger partial charge is 0.316 e. The first-order valence-electron chi connectivity index (χ1n) is 19.6. The van der Waals surface area contributed by atoms with Gasteiger partial charge in [0.05, 0.1) is 18.9 Å². The summed E-state index contributed by atoms with van der Waals surface area (Å²) in [4.78, 5) is 37.8. The Balaban J connectivity index is 1.47. The summed E-state index contributed by atoms with van der Waals surface area (Å²) in [5.74, 6) is -1.27. The zero-order valence-corrected chi connectivity index (χ0v) is 33.5. The highest BCUT2D eigenvalue weighted by molar-refractivity contribution is 5.95. The van der Waals surface area contributed by atoms with E-state index in [4.69, 9.17) is 9.47 Å². The highest BCUT2D eigenvalue weighted by atomic mass is 16.5. The molecule has 6 rings (SSSR count). The van der Waals surface area contributed by atoms with Crippen LogP contribution < -0.4 is 16.0 Å². The molecule has 3 aliphatic rings. The zero-order valence-electron chi connectivity index (χ0n) is 33.5. The van der Waals surface area contributed by atoms with Crippen molar-refractivity contribution in [1.29, 1.82) is 0 Å². The van der Waals surface area contributed by atoms with Crippen LogP contribution in [0.5, 0.6) is 0 Å². The van der Waals surface area contributed by atoms with Gasteiger partial charge in [-0.3, -0.25) is 9.59 Å². The second-order valence-corrected chi connectivity index (χ2v) is 15.8. The number of esters is 2. The van der Waals surface area contributed by atoms with Crippen molar-refractivity contribution < 1.29 is 24.2 Å². The molecule has 54 heavy (non-hydrogen) atoms. The maximum absolute atomic E-state index is 13.6. The molecular formula is C45H58N4O5. The van der Waals surface area contributed by atoms with Crippen LogP contribution in [0.3, 0.4) is 0 Å². The molecule has 0 spiro atoms. The van der Waals surface area contributed by atoms with Crippen molar-refractivity contribution in [3.05, 3.63) is 96.5 Å². The van der Waals surface area contributed by atoms with Crippen molar-refractivity contribution in [2.45, 2.75) is 100 Å². The summed E-state index contributed by atoms with van der Waals surface area (Å²) in [5, 5.41) is 17.7. The largest absolute Gasteiger partial charge is 0.468 e. The Labute approximate surface area is 319 Å². The SMILES string of the molecule is C=Cc1c2[nH]c(c1C)/C=C1\N/C(=C3\c4[nH]c(c(C)c4[C@@H](O)[C@@H]3C(=O)OC)/C=c3\[nH]/c(c(C)c3CC)=C\2)[C@@H](CCC(=O)OC/C=C(\C)CCCC(C)C)[C@@H]1C. The topological polar surface area (TPSA) is 132 Å². The molecule has 1 fully saturated rings. The summed E-state index contributed by atoms with van der Waals surface area (Å²) in [7, 11) is 1.36. The third kappa shape index (κ3) is 7.22. The number of aromatic nitrogens is 3. The molecule has 0 amide bonds. The van der Waals surface area contributed by atoms with Crippen molar-refractivity contribution in [2.24, 2.45) is 23.7 Å². The van der Waals surface area contributed by atoms with Crippen molar-refractivity contribution in [1.82, 2.24) is 20.3 Å². The number of carbonyl (C=O) groups is 2. The number of aliphatic hydroxyl groups is 1.